The Morgan fingerprint density at radius 2 is 2.17 bits per heavy atom. The maximum atomic E-state index is 13.1. The van der Waals surface area contributed by atoms with E-state index >= 15 is 0 Å². The van der Waals surface area contributed by atoms with Crippen molar-refractivity contribution in [3.8, 4) is 0 Å². The lowest BCUT2D eigenvalue weighted by molar-refractivity contribution is -0.664. The van der Waals surface area contributed by atoms with Gasteiger partial charge in [-0.05, 0) is 17.1 Å². The molecule has 6 N–H and O–H groups in total. The van der Waals surface area contributed by atoms with E-state index < -0.39 is 47.7 Å². The summed E-state index contributed by atoms with van der Waals surface area (Å²) in [5.74, 6) is -3.43. The smallest absolute Gasteiger partial charge is 0.352 e. The van der Waals surface area contributed by atoms with Crippen LogP contribution in [0.15, 0.2) is 41.1 Å². The van der Waals surface area contributed by atoms with E-state index in [1.54, 1.807) is 27.5 Å². The van der Waals surface area contributed by atoms with Crippen LogP contribution < -0.4 is 21.4 Å². The van der Waals surface area contributed by atoms with Gasteiger partial charge in [-0.15, -0.1) is 11.8 Å². The highest BCUT2D eigenvalue weighted by Gasteiger charge is 2.54. The summed E-state index contributed by atoms with van der Waals surface area (Å²) < 4.78 is 19.7. The highest BCUT2D eigenvalue weighted by Crippen LogP contribution is 2.40. The molecule has 16 nitrogen and oxygen atoms in total. The number of aromatic nitrogens is 5. The molecule has 3 aromatic heterocycles. The van der Waals surface area contributed by atoms with Crippen LogP contribution in [0.4, 0.5) is 9.52 Å². The van der Waals surface area contributed by atoms with E-state index in [4.69, 9.17) is 11.5 Å². The fourth-order valence-electron chi connectivity index (χ4n) is 4.33. The van der Waals surface area contributed by atoms with Gasteiger partial charge in [-0.25, -0.2) is 13.8 Å². The maximum Gasteiger partial charge on any atom is 0.352 e. The van der Waals surface area contributed by atoms with Gasteiger partial charge in [0.15, 0.2) is 5.13 Å². The third-order valence-corrected chi connectivity index (χ3v) is 7.83. The molecule has 5 heterocycles. The molecule has 0 spiro atoms. The Morgan fingerprint density at radius 3 is 2.85 bits per heavy atom. The molecule has 3 amide bonds. The fraction of sp³-hybridized carbons (Fsp3) is 0.286. The molecule has 2 atom stereocenters. The lowest BCUT2D eigenvalue weighted by atomic mass is 10.0. The molecule has 1 saturated heterocycles. The minimum Gasteiger partial charge on any atom is -0.477 e. The highest BCUT2D eigenvalue weighted by molar-refractivity contribution is 8.00. The first-order valence-electron chi connectivity index (χ1n) is 11.4. The van der Waals surface area contributed by atoms with Crippen LogP contribution in [0.5, 0.6) is 0 Å². The van der Waals surface area contributed by atoms with Gasteiger partial charge in [-0.1, -0.05) is 5.16 Å². The molecule has 0 bridgehead atoms. The van der Waals surface area contributed by atoms with Crippen molar-refractivity contribution in [1.82, 2.24) is 29.1 Å². The number of carboxylic acid groups (broad SMARTS) is 1. The molecule has 1 fully saturated rings. The highest BCUT2D eigenvalue weighted by atomic mass is 32.2. The molecule has 5 rings (SSSR count). The number of pyridine rings is 1. The van der Waals surface area contributed by atoms with Gasteiger partial charge in [0.05, 0.1) is 6.20 Å². The number of aliphatic carboxylic acids is 1. The molecule has 2 aliphatic heterocycles. The number of halogens is 1. The van der Waals surface area contributed by atoms with Gasteiger partial charge in [-0.2, -0.15) is 9.36 Å². The van der Waals surface area contributed by atoms with Gasteiger partial charge < -0.3 is 26.7 Å². The number of nitrogen functional groups attached to an aromatic ring is 1. The second kappa shape index (κ2) is 10.8. The second-order valence-corrected chi connectivity index (χ2v) is 10.3. The van der Waals surface area contributed by atoms with Crippen molar-refractivity contribution < 1.29 is 38.1 Å². The zero-order valence-corrected chi connectivity index (χ0v) is 21.9. The summed E-state index contributed by atoms with van der Waals surface area (Å²) in [6.45, 7) is -1.30. The van der Waals surface area contributed by atoms with Crippen LogP contribution in [0.3, 0.4) is 0 Å². The number of carbonyl (C=O) groups excluding carboxylic acids is 3. The van der Waals surface area contributed by atoms with E-state index in [-0.39, 0.29) is 35.5 Å². The third-order valence-electron chi connectivity index (χ3n) is 5.95. The van der Waals surface area contributed by atoms with Crippen molar-refractivity contribution >= 4 is 69.0 Å². The summed E-state index contributed by atoms with van der Waals surface area (Å²) in [5, 5.41) is 15.2. The van der Waals surface area contributed by atoms with Gasteiger partial charge in [0.1, 0.15) is 35.7 Å². The van der Waals surface area contributed by atoms with Gasteiger partial charge in [-0.3, -0.25) is 23.9 Å². The number of nitrogens with two attached hydrogens (primary N) is 2. The van der Waals surface area contributed by atoms with E-state index in [1.165, 1.54) is 18.1 Å². The van der Waals surface area contributed by atoms with Gasteiger partial charge >= 0.3 is 11.6 Å². The summed E-state index contributed by atoms with van der Waals surface area (Å²) in [6.07, 6.45) is 3.16. The molecule has 40 heavy (non-hydrogen) atoms. The SMILES string of the molecule is NC(=O)Cn1cnc2c1ccc[n+]2CC1=C(C(=O)O)N2C(=O)C(NC(=O)/C(=N/OCF)c3nsc(N)n3)C2SC1. The number of thioether (sulfide) groups is 1. The predicted molar refractivity (Wildman–Crippen MR) is 137 cm³/mol. The number of amides is 3. The fourth-order valence-corrected chi connectivity index (χ4v) is 6.10. The number of hydrogen-bond acceptors (Lipinski definition) is 12. The molecule has 2 unspecified atom stereocenters. The van der Waals surface area contributed by atoms with E-state index in [1.807, 2.05) is 0 Å². The number of nitrogens with one attached hydrogen (secondary N) is 1. The van der Waals surface area contributed by atoms with Crippen LogP contribution in [0.1, 0.15) is 5.82 Å². The number of hydrogen-bond donors (Lipinski definition) is 4. The minimum absolute atomic E-state index is 0.0291. The van der Waals surface area contributed by atoms with Crippen molar-refractivity contribution in [3.05, 3.63) is 41.8 Å². The van der Waals surface area contributed by atoms with Crippen molar-refractivity contribution in [3.63, 3.8) is 0 Å². The Morgan fingerprint density at radius 1 is 1.38 bits per heavy atom. The van der Waals surface area contributed by atoms with Crippen LogP contribution in [0.2, 0.25) is 0 Å². The van der Waals surface area contributed by atoms with Gasteiger partial charge in [0, 0.05) is 22.9 Å². The van der Waals surface area contributed by atoms with Crippen LogP contribution in [-0.2, 0) is 37.1 Å². The van der Waals surface area contributed by atoms with Crippen molar-refractivity contribution in [1.29, 1.82) is 0 Å². The molecule has 0 aliphatic carbocycles. The van der Waals surface area contributed by atoms with E-state index in [0.717, 1.165) is 16.4 Å². The summed E-state index contributed by atoms with van der Waals surface area (Å²) in [5.41, 5.74) is 11.7. The number of rotatable bonds is 10. The summed E-state index contributed by atoms with van der Waals surface area (Å²) in [4.78, 5) is 63.3. The van der Waals surface area contributed by atoms with Crippen molar-refractivity contribution in [2.24, 2.45) is 10.9 Å². The minimum atomic E-state index is -1.32. The van der Waals surface area contributed by atoms with E-state index in [0.29, 0.717) is 16.7 Å². The van der Waals surface area contributed by atoms with Gasteiger partial charge in [0.25, 0.3) is 18.7 Å². The number of carbonyl (C=O) groups is 4. The Balaban J connectivity index is 1.38. The number of imidazole rings is 1. The number of anilines is 1. The molecule has 0 saturated carbocycles. The molecule has 3 aromatic rings. The molecule has 0 aromatic carbocycles. The monoisotopic (exact) mass is 591 g/mol. The Kier molecular flexibility index (Phi) is 7.30. The molecule has 208 valence electrons. The first-order valence-corrected chi connectivity index (χ1v) is 13.2. The number of primary amides is 1. The number of nitrogens with zero attached hydrogens (tertiary/aromatic N) is 7. The van der Waals surface area contributed by atoms with Crippen molar-refractivity contribution in [2.45, 2.75) is 24.5 Å². The molecule has 2 aliphatic rings. The zero-order valence-electron chi connectivity index (χ0n) is 20.3. The zero-order chi connectivity index (χ0) is 28.6. The van der Waals surface area contributed by atoms with Crippen LogP contribution in [0.25, 0.3) is 11.2 Å². The normalized spacial score (nSPS) is 18.9. The summed E-state index contributed by atoms with van der Waals surface area (Å²) in [6, 6.07) is 2.37. The van der Waals surface area contributed by atoms with Crippen LogP contribution in [0, 0.1) is 0 Å². The largest absolute Gasteiger partial charge is 0.477 e. The average molecular weight is 592 g/mol. The summed E-state index contributed by atoms with van der Waals surface area (Å²) in [7, 11) is 0. The lowest BCUT2D eigenvalue weighted by Gasteiger charge is -2.49. The number of fused-ring (bicyclic) bond motifs is 2. The molecular formula is C21H20FN10O6S2+. The Bertz CT molecular complexity index is 1600. The lowest BCUT2D eigenvalue weighted by Crippen LogP contribution is -2.71. The first-order chi connectivity index (χ1) is 19.2. The predicted octanol–water partition coefficient (Wildman–Crippen LogP) is -1.67. The number of alkyl halides is 1. The second-order valence-electron chi connectivity index (χ2n) is 8.44. The molecule has 0 radical (unpaired) electrons. The Labute approximate surface area is 231 Å². The topological polar surface area (TPSA) is 225 Å². The van der Waals surface area contributed by atoms with E-state index in [2.05, 4.69) is 29.7 Å². The Hall–Kier alpha value is -4.65. The third kappa shape index (κ3) is 4.91. The van der Waals surface area contributed by atoms with Gasteiger partial charge in [0.2, 0.25) is 23.8 Å². The standard InChI is InChI=1S/C21H19FN10O6S2/c22-7-38-28-12(15-27-21(24)40-29-15)17(34)26-13-18(35)32-14(20(36)37)9(6-39-19(13)32)4-30-3-1-2-10-16(30)25-8-31(10)5-11(23)33/h1-3,8,13,19H,4-7H2,(H5-,23,24,26,27,29,33,34,36,37)/p+1/b28-12+. The maximum absolute atomic E-state index is 13.1. The average Bonchev–Trinajstić information content (AvgIpc) is 3.53. The number of carboxylic acids is 1. The van der Waals surface area contributed by atoms with Crippen LogP contribution in [-0.4, -0.2) is 82.3 Å². The first kappa shape index (κ1) is 26.9. The molecule has 19 heteroatoms. The summed E-state index contributed by atoms with van der Waals surface area (Å²) >= 11 is 2.03. The van der Waals surface area contributed by atoms with E-state index in [9.17, 15) is 28.7 Å². The number of β-lactam (4-membered cyclic amide) rings is 1. The van der Waals surface area contributed by atoms with Crippen LogP contribution >= 0.6 is 23.3 Å². The number of oxime groups is 1. The van der Waals surface area contributed by atoms with Crippen molar-refractivity contribution in [2.75, 3.05) is 18.3 Å². The quantitative estimate of drug-likeness (QED) is 0.0902. The molecular weight excluding hydrogens is 571 g/mol.